The number of amides is 3. The van der Waals surface area contributed by atoms with Gasteiger partial charge in [0.25, 0.3) is 0 Å². The maximum atomic E-state index is 12.6. The molecule has 0 spiro atoms. The van der Waals surface area contributed by atoms with Crippen LogP contribution >= 0.6 is 0 Å². The average molecular weight is 330 g/mol. The van der Waals surface area contributed by atoms with Crippen LogP contribution in [0.25, 0.3) is 0 Å². The van der Waals surface area contributed by atoms with Crippen LogP contribution in [0.4, 0.5) is 0 Å². The van der Waals surface area contributed by atoms with E-state index in [2.05, 4.69) is 6.92 Å². The molecule has 1 aliphatic rings. The summed E-state index contributed by atoms with van der Waals surface area (Å²) >= 11 is 0. The van der Waals surface area contributed by atoms with Gasteiger partial charge in [0.15, 0.2) is 0 Å². The van der Waals surface area contributed by atoms with E-state index in [9.17, 15) is 14.4 Å². The van der Waals surface area contributed by atoms with E-state index in [0.717, 1.165) is 29.7 Å². The van der Waals surface area contributed by atoms with Crippen molar-refractivity contribution < 1.29 is 14.4 Å². The second kappa shape index (κ2) is 7.60. The first-order chi connectivity index (χ1) is 11.4. The van der Waals surface area contributed by atoms with Gasteiger partial charge in [-0.1, -0.05) is 50.1 Å². The predicted octanol–water partition coefficient (Wildman–Crippen LogP) is 2.35. The molecule has 0 aromatic heterocycles. The third kappa shape index (κ3) is 3.83. The lowest BCUT2D eigenvalue weighted by Gasteiger charge is -2.40. The Morgan fingerprint density at radius 3 is 2.21 bits per heavy atom. The zero-order chi connectivity index (χ0) is 17.7. The summed E-state index contributed by atoms with van der Waals surface area (Å²) in [5.41, 5.74) is 0.599. The molecule has 0 radical (unpaired) electrons. The molecule has 5 nitrogen and oxygen atoms in total. The van der Waals surface area contributed by atoms with Gasteiger partial charge in [0.1, 0.15) is 6.54 Å². The highest BCUT2D eigenvalue weighted by Gasteiger charge is 2.44. The molecule has 1 aromatic carbocycles. The van der Waals surface area contributed by atoms with Gasteiger partial charge in [-0.15, -0.1) is 0 Å². The molecule has 5 heteroatoms. The van der Waals surface area contributed by atoms with E-state index in [0.29, 0.717) is 0 Å². The lowest BCUT2D eigenvalue weighted by molar-refractivity contribution is -0.155. The minimum atomic E-state index is -0.441. The van der Waals surface area contributed by atoms with Crippen LogP contribution in [0.1, 0.15) is 44.6 Å². The largest absolute Gasteiger partial charge is 0.347 e. The smallest absolute Gasteiger partial charge is 0.242 e. The molecule has 1 heterocycles. The van der Waals surface area contributed by atoms with E-state index < -0.39 is 5.41 Å². The van der Waals surface area contributed by atoms with Gasteiger partial charge in [-0.05, 0) is 12.0 Å². The summed E-state index contributed by atoms with van der Waals surface area (Å²) in [4.78, 5) is 39.7. The van der Waals surface area contributed by atoms with Crippen LogP contribution in [0.15, 0.2) is 30.3 Å². The molecule has 0 atom stereocenters. The molecule has 0 aliphatic carbocycles. The first kappa shape index (κ1) is 18.2. The van der Waals surface area contributed by atoms with Gasteiger partial charge in [0, 0.05) is 32.4 Å². The van der Waals surface area contributed by atoms with Crippen molar-refractivity contribution in [3.8, 4) is 0 Å². The SMILES string of the molecule is CCCCC1(c2ccccc2)CC(=O)N(CC(=O)N(C)C)C(=O)C1. The number of unbranched alkanes of at least 4 members (excludes halogenated alkanes) is 1. The minimum Gasteiger partial charge on any atom is -0.347 e. The molecule has 130 valence electrons. The third-order valence-electron chi connectivity index (χ3n) is 4.77. The van der Waals surface area contributed by atoms with Crippen molar-refractivity contribution in [1.82, 2.24) is 9.80 Å². The highest BCUT2D eigenvalue weighted by molar-refractivity contribution is 6.02. The Morgan fingerprint density at radius 1 is 1.12 bits per heavy atom. The summed E-state index contributed by atoms with van der Waals surface area (Å²) in [6.45, 7) is 1.94. The van der Waals surface area contributed by atoms with Crippen molar-refractivity contribution in [2.45, 2.75) is 44.4 Å². The molecular formula is C19H26N2O3. The Labute approximate surface area is 143 Å². The average Bonchev–Trinajstić information content (AvgIpc) is 2.56. The number of imide groups is 1. The molecule has 3 amide bonds. The van der Waals surface area contributed by atoms with Crippen molar-refractivity contribution in [3.63, 3.8) is 0 Å². The Bertz CT molecular complexity index is 592. The zero-order valence-electron chi connectivity index (χ0n) is 14.7. The van der Waals surface area contributed by atoms with Crippen molar-refractivity contribution >= 4 is 17.7 Å². The van der Waals surface area contributed by atoms with E-state index in [-0.39, 0.29) is 37.1 Å². The number of hydrogen-bond acceptors (Lipinski definition) is 3. The number of rotatable bonds is 6. The lowest BCUT2D eigenvalue weighted by atomic mass is 9.69. The molecule has 24 heavy (non-hydrogen) atoms. The molecular weight excluding hydrogens is 304 g/mol. The van der Waals surface area contributed by atoms with Gasteiger partial charge in [-0.25, -0.2) is 0 Å². The highest BCUT2D eigenvalue weighted by atomic mass is 16.2. The van der Waals surface area contributed by atoms with Gasteiger partial charge < -0.3 is 4.90 Å². The van der Waals surface area contributed by atoms with Crippen molar-refractivity contribution in [3.05, 3.63) is 35.9 Å². The number of piperidine rings is 1. The molecule has 0 N–H and O–H groups in total. The van der Waals surface area contributed by atoms with Crippen LogP contribution in [0.2, 0.25) is 0 Å². The van der Waals surface area contributed by atoms with Gasteiger partial charge in [0.2, 0.25) is 17.7 Å². The number of carbonyl (C=O) groups is 3. The second-order valence-corrected chi connectivity index (χ2v) is 6.77. The fourth-order valence-corrected chi connectivity index (χ4v) is 3.26. The summed E-state index contributed by atoms with van der Waals surface area (Å²) in [6, 6.07) is 9.82. The Balaban J connectivity index is 2.26. The third-order valence-corrected chi connectivity index (χ3v) is 4.77. The summed E-state index contributed by atoms with van der Waals surface area (Å²) in [7, 11) is 3.24. The topological polar surface area (TPSA) is 57.7 Å². The quantitative estimate of drug-likeness (QED) is 0.752. The zero-order valence-corrected chi connectivity index (χ0v) is 14.7. The fourth-order valence-electron chi connectivity index (χ4n) is 3.26. The van der Waals surface area contributed by atoms with E-state index in [1.807, 2.05) is 30.3 Å². The maximum absolute atomic E-state index is 12.6. The first-order valence-electron chi connectivity index (χ1n) is 8.48. The number of likely N-dealkylation sites (tertiary alicyclic amines) is 1. The highest BCUT2D eigenvalue weighted by Crippen LogP contribution is 2.40. The molecule has 0 saturated carbocycles. The van der Waals surface area contributed by atoms with E-state index >= 15 is 0 Å². The predicted molar refractivity (Wildman–Crippen MR) is 92.3 cm³/mol. The van der Waals surface area contributed by atoms with Gasteiger partial charge >= 0.3 is 0 Å². The summed E-state index contributed by atoms with van der Waals surface area (Å²) in [5.74, 6) is -0.736. The molecule has 0 bridgehead atoms. The number of benzene rings is 1. The molecule has 0 unspecified atom stereocenters. The normalized spacial score (nSPS) is 17.0. The minimum absolute atomic E-state index is 0.163. The Morgan fingerprint density at radius 2 is 1.71 bits per heavy atom. The number of carbonyl (C=O) groups excluding carboxylic acids is 3. The van der Waals surface area contributed by atoms with Crippen molar-refractivity contribution in [2.75, 3.05) is 20.6 Å². The number of nitrogens with zero attached hydrogens (tertiary/aromatic N) is 2. The van der Waals surface area contributed by atoms with Crippen LogP contribution in [-0.2, 0) is 19.8 Å². The monoisotopic (exact) mass is 330 g/mol. The molecule has 1 saturated heterocycles. The molecule has 1 aliphatic heterocycles. The second-order valence-electron chi connectivity index (χ2n) is 6.77. The van der Waals surface area contributed by atoms with Crippen LogP contribution in [-0.4, -0.2) is 48.2 Å². The number of hydrogen-bond donors (Lipinski definition) is 0. The van der Waals surface area contributed by atoms with Crippen LogP contribution in [0, 0.1) is 0 Å². The summed E-state index contributed by atoms with van der Waals surface area (Å²) in [6.07, 6.45) is 3.35. The standard InChI is InChI=1S/C19H26N2O3/c1-4-5-11-19(15-9-7-6-8-10-15)12-16(22)21(17(23)13-19)14-18(24)20(2)3/h6-10H,4-5,11-14H2,1-3H3. The fraction of sp³-hybridized carbons (Fsp3) is 0.526. The first-order valence-corrected chi connectivity index (χ1v) is 8.48. The van der Waals surface area contributed by atoms with Crippen molar-refractivity contribution in [2.24, 2.45) is 0 Å². The number of likely N-dealkylation sites (N-methyl/N-ethyl adjacent to an activating group) is 1. The van der Waals surface area contributed by atoms with Crippen molar-refractivity contribution in [1.29, 1.82) is 0 Å². The Hall–Kier alpha value is -2.17. The molecule has 1 aromatic rings. The van der Waals surface area contributed by atoms with E-state index in [4.69, 9.17) is 0 Å². The maximum Gasteiger partial charge on any atom is 0.242 e. The van der Waals surface area contributed by atoms with Gasteiger partial charge in [-0.3, -0.25) is 19.3 Å². The van der Waals surface area contributed by atoms with Gasteiger partial charge in [-0.2, -0.15) is 0 Å². The van der Waals surface area contributed by atoms with Crippen LogP contribution < -0.4 is 0 Å². The van der Waals surface area contributed by atoms with Gasteiger partial charge in [0.05, 0.1) is 0 Å². The Kier molecular flexibility index (Phi) is 5.75. The van der Waals surface area contributed by atoms with E-state index in [1.165, 1.54) is 4.90 Å². The van der Waals surface area contributed by atoms with Crippen LogP contribution in [0.5, 0.6) is 0 Å². The van der Waals surface area contributed by atoms with E-state index in [1.54, 1.807) is 14.1 Å². The molecule has 2 rings (SSSR count). The summed E-state index contributed by atoms with van der Waals surface area (Å²) < 4.78 is 0. The summed E-state index contributed by atoms with van der Waals surface area (Å²) in [5, 5.41) is 0. The lowest BCUT2D eigenvalue weighted by Crippen LogP contribution is -2.52. The van der Waals surface area contributed by atoms with Crippen LogP contribution in [0.3, 0.4) is 0 Å². The molecule has 1 fully saturated rings.